The lowest BCUT2D eigenvalue weighted by Gasteiger charge is -2.49. The monoisotopic (exact) mass is 521 g/mol. The molecular formula is C26H31N7O3S. The van der Waals surface area contributed by atoms with E-state index >= 15 is 0 Å². The summed E-state index contributed by atoms with van der Waals surface area (Å²) in [7, 11) is -3.39. The number of carbonyl (C=O) groups excluding carboxylic acids is 1. The van der Waals surface area contributed by atoms with Crippen molar-refractivity contribution in [2.45, 2.75) is 68.7 Å². The number of pyridine rings is 1. The van der Waals surface area contributed by atoms with Crippen molar-refractivity contribution >= 4 is 33.2 Å². The lowest BCUT2D eigenvalue weighted by atomic mass is 9.66. The van der Waals surface area contributed by atoms with E-state index in [4.69, 9.17) is 9.97 Å². The maximum Gasteiger partial charge on any atom is 0.244 e. The summed E-state index contributed by atoms with van der Waals surface area (Å²) < 4.78 is 23.5. The van der Waals surface area contributed by atoms with E-state index in [-0.39, 0.29) is 29.2 Å². The van der Waals surface area contributed by atoms with Crippen molar-refractivity contribution in [2.75, 3.05) is 35.2 Å². The molecule has 2 saturated heterocycles. The number of amides is 1. The molecule has 0 bridgehead atoms. The Morgan fingerprint density at radius 1 is 1.11 bits per heavy atom. The topological polar surface area (TPSA) is 123 Å². The number of fused-ring (bicyclic) bond motifs is 2. The number of anilines is 3. The van der Waals surface area contributed by atoms with Crippen molar-refractivity contribution < 1.29 is 13.2 Å². The number of sulfone groups is 1. The summed E-state index contributed by atoms with van der Waals surface area (Å²) in [5.74, 6) is 2.23. The molecular weight excluding hydrogens is 490 g/mol. The zero-order valence-corrected chi connectivity index (χ0v) is 22.2. The largest absolute Gasteiger partial charge is 0.350 e. The summed E-state index contributed by atoms with van der Waals surface area (Å²) in [6.07, 6.45) is 6.83. The van der Waals surface area contributed by atoms with E-state index in [2.05, 4.69) is 27.8 Å². The van der Waals surface area contributed by atoms with Crippen molar-refractivity contribution in [3.63, 3.8) is 0 Å². The van der Waals surface area contributed by atoms with Crippen molar-refractivity contribution in [3.8, 4) is 6.07 Å². The minimum Gasteiger partial charge on any atom is -0.350 e. The SMILES string of the molecule is C[C@@H]1CN(c2ncnc3c2C2(CCC2)CN3c2cc(C#N)ccn2)[C@@H](C)CN1C(=O)C1(C)CCS1(=O)=O. The summed E-state index contributed by atoms with van der Waals surface area (Å²) in [6, 6.07) is 5.49. The molecule has 10 nitrogen and oxygen atoms in total. The Morgan fingerprint density at radius 2 is 1.86 bits per heavy atom. The highest BCUT2D eigenvalue weighted by atomic mass is 32.2. The van der Waals surface area contributed by atoms with E-state index < -0.39 is 14.6 Å². The predicted octanol–water partition coefficient (Wildman–Crippen LogP) is 2.32. The van der Waals surface area contributed by atoms with Gasteiger partial charge in [-0.1, -0.05) is 6.42 Å². The Morgan fingerprint density at radius 3 is 2.49 bits per heavy atom. The molecule has 5 heterocycles. The van der Waals surface area contributed by atoms with Gasteiger partial charge in [-0.2, -0.15) is 5.26 Å². The number of aromatic nitrogens is 3. The Hall–Kier alpha value is -3.26. The van der Waals surface area contributed by atoms with Gasteiger partial charge in [0, 0.05) is 48.9 Å². The minimum absolute atomic E-state index is 0.0447. The smallest absolute Gasteiger partial charge is 0.244 e. The highest BCUT2D eigenvalue weighted by Crippen LogP contribution is 2.56. The van der Waals surface area contributed by atoms with Crippen LogP contribution in [0.15, 0.2) is 24.7 Å². The van der Waals surface area contributed by atoms with Gasteiger partial charge in [-0.05, 0) is 52.2 Å². The van der Waals surface area contributed by atoms with E-state index in [0.717, 1.165) is 43.0 Å². The highest BCUT2D eigenvalue weighted by molar-refractivity contribution is 7.95. The second-order valence-electron chi connectivity index (χ2n) is 11.2. The minimum atomic E-state index is -3.39. The maximum absolute atomic E-state index is 13.4. The lowest BCUT2D eigenvalue weighted by Crippen LogP contribution is -2.66. The van der Waals surface area contributed by atoms with Crippen LogP contribution in [0.5, 0.6) is 0 Å². The van der Waals surface area contributed by atoms with E-state index in [1.807, 2.05) is 6.92 Å². The molecule has 0 N–H and O–H groups in total. The molecule has 3 atom stereocenters. The Bertz CT molecular complexity index is 1430. The predicted molar refractivity (Wildman–Crippen MR) is 138 cm³/mol. The van der Waals surface area contributed by atoms with E-state index in [0.29, 0.717) is 30.9 Å². The van der Waals surface area contributed by atoms with Crippen molar-refractivity contribution in [1.82, 2.24) is 19.9 Å². The number of nitrogens with zero attached hydrogens (tertiary/aromatic N) is 7. The molecule has 194 valence electrons. The number of piperazine rings is 1. The average molecular weight is 522 g/mol. The Labute approximate surface area is 217 Å². The Balaban J connectivity index is 1.34. The fraction of sp³-hybridized carbons (Fsp3) is 0.577. The number of hydrogen-bond donors (Lipinski definition) is 0. The molecule has 1 unspecified atom stereocenters. The molecule has 1 spiro atoms. The van der Waals surface area contributed by atoms with Crippen molar-refractivity contribution in [1.29, 1.82) is 5.26 Å². The van der Waals surface area contributed by atoms with E-state index in [9.17, 15) is 18.5 Å². The summed E-state index contributed by atoms with van der Waals surface area (Å²) in [5, 5.41) is 9.40. The molecule has 3 aliphatic heterocycles. The van der Waals surface area contributed by atoms with Crippen LogP contribution in [0.4, 0.5) is 17.5 Å². The molecule has 1 aliphatic carbocycles. The van der Waals surface area contributed by atoms with Gasteiger partial charge in [0.2, 0.25) is 5.91 Å². The van der Waals surface area contributed by atoms with Gasteiger partial charge in [-0.3, -0.25) is 4.79 Å². The van der Waals surface area contributed by atoms with Crippen LogP contribution in [0, 0.1) is 11.3 Å². The first-order valence-corrected chi connectivity index (χ1v) is 14.5. The standard InChI is InChI=1S/C26H31N7O3S/c1-17-14-32(24(34)25(3)8-10-37(25,35)36)18(2)13-31(17)22-21-23(30-16-29-22)33(15-26(21)6-4-7-26)20-11-19(12-27)5-9-28-20/h5,9,11,16-18H,4,6-8,10,13-15H2,1-3H3/t17-,18+,25?/m0/s1. The molecule has 0 aromatic carbocycles. The number of carbonyl (C=O) groups is 1. The summed E-state index contributed by atoms with van der Waals surface area (Å²) in [6.45, 7) is 7.36. The third kappa shape index (κ3) is 3.38. The third-order valence-corrected chi connectivity index (χ3v) is 11.5. The maximum atomic E-state index is 13.4. The third-order valence-electron chi connectivity index (χ3n) is 9.02. The molecule has 1 saturated carbocycles. The zero-order chi connectivity index (χ0) is 26.2. The van der Waals surface area contributed by atoms with Gasteiger partial charge < -0.3 is 14.7 Å². The zero-order valence-electron chi connectivity index (χ0n) is 21.4. The first kappa shape index (κ1) is 24.1. The summed E-state index contributed by atoms with van der Waals surface area (Å²) >= 11 is 0. The van der Waals surface area contributed by atoms with Crippen LogP contribution in [-0.4, -0.2) is 76.4 Å². The average Bonchev–Trinajstić information content (AvgIpc) is 3.25. The van der Waals surface area contributed by atoms with Crippen LogP contribution in [0.2, 0.25) is 0 Å². The van der Waals surface area contributed by atoms with Crippen LogP contribution >= 0.6 is 0 Å². The van der Waals surface area contributed by atoms with Gasteiger partial charge in [0.05, 0.1) is 17.4 Å². The van der Waals surface area contributed by atoms with Crippen molar-refractivity contribution in [3.05, 3.63) is 35.8 Å². The molecule has 2 aromatic heterocycles. The Kier molecular flexibility index (Phi) is 5.29. The quantitative estimate of drug-likeness (QED) is 0.598. The fourth-order valence-electron chi connectivity index (χ4n) is 6.38. The summed E-state index contributed by atoms with van der Waals surface area (Å²) in [4.78, 5) is 33.5. The normalized spacial score (nSPS) is 29.3. The molecule has 6 rings (SSSR count). The fourth-order valence-corrected chi connectivity index (χ4v) is 7.91. The van der Waals surface area contributed by atoms with Crippen LogP contribution in [0.3, 0.4) is 0 Å². The van der Waals surface area contributed by atoms with Crippen LogP contribution < -0.4 is 9.80 Å². The molecule has 0 radical (unpaired) electrons. The van der Waals surface area contributed by atoms with Gasteiger partial charge in [0.1, 0.15) is 28.5 Å². The van der Waals surface area contributed by atoms with Gasteiger partial charge in [0.25, 0.3) is 0 Å². The van der Waals surface area contributed by atoms with E-state index in [1.54, 1.807) is 36.5 Å². The lowest BCUT2D eigenvalue weighted by molar-refractivity contribution is -0.137. The van der Waals surface area contributed by atoms with E-state index in [1.165, 1.54) is 0 Å². The number of hydrogen-bond acceptors (Lipinski definition) is 9. The molecule has 4 aliphatic rings. The summed E-state index contributed by atoms with van der Waals surface area (Å²) in [5.41, 5.74) is 1.61. The first-order chi connectivity index (χ1) is 17.6. The molecule has 37 heavy (non-hydrogen) atoms. The molecule has 2 aromatic rings. The number of rotatable bonds is 3. The van der Waals surface area contributed by atoms with Gasteiger partial charge >= 0.3 is 0 Å². The molecule has 3 fully saturated rings. The molecule has 1 amide bonds. The first-order valence-electron chi connectivity index (χ1n) is 12.9. The van der Waals surface area contributed by atoms with Gasteiger partial charge in [-0.15, -0.1) is 0 Å². The second kappa shape index (κ2) is 8.12. The van der Waals surface area contributed by atoms with Gasteiger partial charge in [0.15, 0.2) is 9.84 Å². The highest BCUT2D eigenvalue weighted by Gasteiger charge is 2.57. The van der Waals surface area contributed by atoms with Gasteiger partial charge in [-0.25, -0.2) is 23.4 Å². The van der Waals surface area contributed by atoms with Crippen molar-refractivity contribution in [2.24, 2.45) is 0 Å². The molecule has 11 heteroatoms. The second-order valence-corrected chi connectivity index (χ2v) is 13.8. The number of nitriles is 1. The van der Waals surface area contributed by atoms with Crippen LogP contribution in [0.1, 0.15) is 57.6 Å². The van der Waals surface area contributed by atoms with Crippen LogP contribution in [-0.2, 0) is 20.0 Å². The van der Waals surface area contributed by atoms with Crippen LogP contribution in [0.25, 0.3) is 0 Å².